The summed E-state index contributed by atoms with van der Waals surface area (Å²) in [5.41, 5.74) is 7.63. The van der Waals surface area contributed by atoms with Gasteiger partial charge in [-0.15, -0.1) is 0 Å². The Bertz CT molecular complexity index is 412. The van der Waals surface area contributed by atoms with Crippen LogP contribution in [0.1, 0.15) is 62.7 Å². The third kappa shape index (κ3) is 2.40. The van der Waals surface area contributed by atoms with Gasteiger partial charge >= 0.3 is 0 Å². The Hall–Kier alpha value is -1.00. The fourth-order valence-corrected chi connectivity index (χ4v) is 2.80. The molecule has 1 atom stereocenters. The number of hydrogen-bond acceptors (Lipinski definition) is 4. The molecule has 1 fully saturated rings. The Balaban J connectivity index is 2.34. The van der Waals surface area contributed by atoms with Gasteiger partial charge in [-0.2, -0.15) is 0 Å². The molecule has 0 aliphatic heterocycles. The first-order chi connectivity index (χ1) is 8.59. The zero-order valence-electron chi connectivity index (χ0n) is 11.6. The van der Waals surface area contributed by atoms with Crippen LogP contribution in [0.15, 0.2) is 6.20 Å². The van der Waals surface area contributed by atoms with Crippen molar-refractivity contribution in [3.05, 3.63) is 23.3 Å². The third-order valence-corrected chi connectivity index (χ3v) is 3.75. The van der Waals surface area contributed by atoms with Gasteiger partial charge in [0, 0.05) is 30.1 Å². The van der Waals surface area contributed by atoms with Gasteiger partial charge in [-0.3, -0.25) is 0 Å². The third-order valence-electron chi connectivity index (χ3n) is 3.75. The van der Waals surface area contributed by atoms with E-state index in [1.54, 1.807) is 0 Å². The number of ether oxygens (including phenoxy) is 1. The Kier molecular flexibility index (Phi) is 3.97. The van der Waals surface area contributed by atoms with Gasteiger partial charge in [-0.05, 0) is 46.5 Å². The summed E-state index contributed by atoms with van der Waals surface area (Å²) in [5.74, 6) is 0.837. The van der Waals surface area contributed by atoms with E-state index >= 15 is 0 Å². The van der Waals surface area contributed by atoms with Crippen LogP contribution in [0.2, 0.25) is 0 Å². The lowest BCUT2D eigenvalue weighted by molar-refractivity contribution is -0.0458. The number of nitrogens with two attached hydrogens (primary N) is 1. The zero-order chi connectivity index (χ0) is 13.2. The van der Waals surface area contributed by atoms with Crippen LogP contribution in [-0.2, 0) is 10.3 Å². The summed E-state index contributed by atoms with van der Waals surface area (Å²) in [7, 11) is 0. The summed E-state index contributed by atoms with van der Waals surface area (Å²) >= 11 is 0. The van der Waals surface area contributed by atoms with Crippen molar-refractivity contribution >= 4 is 0 Å². The molecule has 0 bridgehead atoms. The molecule has 1 saturated carbocycles. The largest absolute Gasteiger partial charge is 0.367 e. The minimum atomic E-state index is -0.254. The van der Waals surface area contributed by atoms with Gasteiger partial charge < -0.3 is 10.5 Å². The number of rotatable bonds is 4. The number of nitrogens with zero attached hydrogens (tertiary/aromatic N) is 2. The van der Waals surface area contributed by atoms with Crippen molar-refractivity contribution in [3.8, 4) is 0 Å². The summed E-state index contributed by atoms with van der Waals surface area (Å²) in [6.07, 6.45) is 6.30. The molecule has 2 rings (SSSR count). The first-order valence-electron chi connectivity index (χ1n) is 6.82. The van der Waals surface area contributed by atoms with Gasteiger partial charge in [0.25, 0.3) is 0 Å². The van der Waals surface area contributed by atoms with Gasteiger partial charge in [-0.1, -0.05) is 0 Å². The standard InChI is InChI=1S/C14H23N3O/c1-4-18-14(7-5-6-8-14)13-16-9-12(10(2)15)11(3)17-13/h9-10H,4-8,15H2,1-3H3/t10-/m1/s1. The van der Waals surface area contributed by atoms with Gasteiger partial charge in [0.05, 0.1) is 0 Å². The topological polar surface area (TPSA) is 61.0 Å². The quantitative estimate of drug-likeness (QED) is 0.891. The maximum absolute atomic E-state index is 5.98. The first-order valence-corrected chi connectivity index (χ1v) is 6.82. The normalized spacial score (nSPS) is 20.0. The number of hydrogen-bond donors (Lipinski definition) is 1. The summed E-state index contributed by atoms with van der Waals surface area (Å²) in [6.45, 7) is 6.69. The van der Waals surface area contributed by atoms with Crippen LogP contribution in [0.4, 0.5) is 0 Å². The molecule has 1 heterocycles. The molecular weight excluding hydrogens is 226 g/mol. The van der Waals surface area contributed by atoms with E-state index < -0.39 is 0 Å². The smallest absolute Gasteiger partial charge is 0.160 e. The molecule has 4 heteroatoms. The van der Waals surface area contributed by atoms with E-state index in [0.29, 0.717) is 6.61 Å². The fourth-order valence-electron chi connectivity index (χ4n) is 2.80. The number of aryl methyl sites for hydroxylation is 1. The average Bonchev–Trinajstić information content (AvgIpc) is 2.78. The van der Waals surface area contributed by atoms with Crippen molar-refractivity contribution in [2.24, 2.45) is 5.73 Å². The second-order valence-electron chi connectivity index (χ2n) is 5.16. The van der Waals surface area contributed by atoms with E-state index in [1.165, 1.54) is 12.8 Å². The maximum atomic E-state index is 5.98. The lowest BCUT2D eigenvalue weighted by atomic mass is 10.00. The van der Waals surface area contributed by atoms with Gasteiger partial charge in [0.15, 0.2) is 5.82 Å². The fraction of sp³-hybridized carbons (Fsp3) is 0.714. The predicted octanol–water partition coefficient (Wildman–Crippen LogP) is 2.61. The maximum Gasteiger partial charge on any atom is 0.160 e. The summed E-state index contributed by atoms with van der Waals surface area (Å²) in [4.78, 5) is 9.17. The molecule has 0 saturated heterocycles. The van der Waals surface area contributed by atoms with E-state index in [4.69, 9.17) is 10.5 Å². The minimum Gasteiger partial charge on any atom is -0.367 e. The zero-order valence-corrected chi connectivity index (χ0v) is 11.6. The summed E-state index contributed by atoms with van der Waals surface area (Å²) < 4.78 is 5.98. The van der Waals surface area contributed by atoms with Crippen LogP contribution in [0.3, 0.4) is 0 Å². The van der Waals surface area contributed by atoms with Crippen LogP contribution in [-0.4, -0.2) is 16.6 Å². The van der Waals surface area contributed by atoms with Crippen molar-refractivity contribution in [2.75, 3.05) is 6.61 Å². The van der Waals surface area contributed by atoms with Crippen LogP contribution in [0, 0.1) is 6.92 Å². The van der Waals surface area contributed by atoms with Gasteiger partial charge in [-0.25, -0.2) is 9.97 Å². The highest BCUT2D eigenvalue weighted by molar-refractivity contribution is 5.21. The lowest BCUT2D eigenvalue weighted by Crippen LogP contribution is -2.29. The Morgan fingerprint density at radius 2 is 2.11 bits per heavy atom. The molecule has 2 N–H and O–H groups in total. The highest BCUT2D eigenvalue weighted by Gasteiger charge is 2.39. The second kappa shape index (κ2) is 5.33. The van der Waals surface area contributed by atoms with Crippen LogP contribution >= 0.6 is 0 Å². The molecule has 1 aliphatic carbocycles. The molecule has 0 amide bonds. The van der Waals surface area contributed by atoms with E-state index in [-0.39, 0.29) is 11.6 Å². The first kappa shape index (κ1) is 13.4. The van der Waals surface area contributed by atoms with Gasteiger partial charge in [0.1, 0.15) is 5.60 Å². The number of aromatic nitrogens is 2. The Labute approximate surface area is 109 Å². The SMILES string of the molecule is CCOC1(c2ncc([C@@H](C)N)c(C)n2)CCCC1. The molecular formula is C14H23N3O. The molecule has 0 radical (unpaired) electrons. The predicted molar refractivity (Wildman–Crippen MR) is 71.1 cm³/mol. The summed E-state index contributed by atoms with van der Waals surface area (Å²) in [6, 6.07) is -0.0225. The van der Waals surface area contributed by atoms with E-state index in [1.807, 2.05) is 27.0 Å². The highest BCUT2D eigenvalue weighted by Crippen LogP contribution is 2.40. The van der Waals surface area contributed by atoms with Crippen molar-refractivity contribution in [1.29, 1.82) is 0 Å². The molecule has 18 heavy (non-hydrogen) atoms. The highest BCUT2D eigenvalue weighted by atomic mass is 16.5. The Morgan fingerprint density at radius 1 is 1.44 bits per heavy atom. The molecule has 0 spiro atoms. The monoisotopic (exact) mass is 249 g/mol. The molecule has 100 valence electrons. The molecule has 0 aromatic carbocycles. The minimum absolute atomic E-state index is 0.0225. The molecule has 1 aromatic rings. The molecule has 4 nitrogen and oxygen atoms in total. The molecule has 0 unspecified atom stereocenters. The van der Waals surface area contributed by atoms with E-state index in [0.717, 1.165) is 29.9 Å². The van der Waals surface area contributed by atoms with Gasteiger partial charge in [0.2, 0.25) is 0 Å². The summed E-state index contributed by atoms with van der Waals surface area (Å²) in [5, 5.41) is 0. The van der Waals surface area contributed by atoms with Crippen molar-refractivity contribution in [1.82, 2.24) is 9.97 Å². The van der Waals surface area contributed by atoms with Crippen molar-refractivity contribution < 1.29 is 4.74 Å². The van der Waals surface area contributed by atoms with Crippen molar-refractivity contribution in [3.63, 3.8) is 0 Å². The van der Waals surface area contributed by atoms with Crippen molar-refractivity contribution in [2.45, 2.75) is 58.1 Å². The average molecular weight is 249 g/mol. The van der Waals surface area contributed by atoms with Crippen LogP contribution in [0.5, 0.6) is 0 Å². The second-order valence-corrected chi connectivity index (χ2v) is 5.16. The molecule has 1 aromatic heterocycles. The molecule has 1 aliphatic rings. The van der Waals surface area contributed by atoms with E-state index in [2.05, 4.69) is 9.97 Å². The van der Waals surface area contributed by atoms with Crippen LogP contribution in [0.25, 0.3) is 0 Å². The van der Waals surface area contributed by atoms with E-state index in [9.17, 15) is 0 Å². The Morgan fingerprint density at radius 3 is 2.61 bits per heavy atom. The van der Waals surface area contributed by atoms with Crippen LogP contribution < -0.4 is 5.73 Å². The lowest BCUT2D eigenvalue weighted by Gasteiger charge is -2.27.